The van der Waals surface area contributed by atoms with Crippen LogP contribution in [0, 0.1) is 5.92 Å². The zero-order chi connectivity index (χ0) is 19.8. The Hall–Kier alpha value is -2.34. The molecule has 0 bridgehead atoms. The van der Waals surface area contributed by atoms with Crippen molar-refractivity contribution in [1.29, 1.82) is 0 Å². The summed E-state index contributed by atoms with van der Waals surface area (Å²) >= 11 is 0. The third-order valence-corrected chi connectivity index (χ3v) is 6.20. The number of aromatic amines is 1. The summed E-state index contributed by atoms with van der Waals surface area (Å²) in [5, 5.41) is 1.21. The maximum atomic E-state index is 13.1. The van der Waals surface area contributed by atoms with Gasteiger partial charge < -0.3 is 14.8 Å². The number of aromatic nitrogens is 1. The molecule has 2 aromatic rings. The van der Waals surface area contributed by atoms with Gasteiger partial charge in [0.05, 0.1) is 6.54 Å². The van der Waals surface area contributed by atoms with E-state index < -0.39 is 0 Å². The number of carbonyl (C=O) groups is 2. The van der Waals surface area contributed by atoms with Crippen molar-refractivity contribution in [3.8, 4) is 0 Å². The molecule has 28 heavy (non-hydrogen) atoms. The minimum Gasteiger partial charge on any atom is -0.358 e. The first-order valence-corrected chi connectivity index (χ1v) is 10.3. The molecule has 150 valence electrons. The van der Waals surface area contributed by atoms with E-state index >= 15 is 0 Å². The monoisotopic (exact) mass is 382 g/mol. The number of rotatable bonds is 3. The van der Waals surface area contributed by atoms with Gasteiger partial charge in [-0.05, 0) is 48.9 Å². The lowest BCUT2D eigenvalue weighted by Crippen LogP contribution is -2.51. The Balaban J connectivity index is 1.46. The van der Waals surface area contributed by atoms with Crippen LogP contribution in [0.4, 0.5) is 0 Å². The third kappa shape index (κ3) is 3.65. The molecular weight excluding hydrogens is 352 g/mol. The molecule has 1 saturated heterocycles. The largest absolute Gasteiger partial charge is 0.358 e. The van der Waals surface area contributed by atoms with Crippen LogP contribution in [0.3, 0.4) is 0 Å². The maximum Gasteiger partial charge on any atom is 0.253 e. The fraction of sp³-hybridized carbons (Fsp3) is 0.545. The van der Waals surface area contributed by atoms with E-state index in [1.165, 1.54) is 23.1 Å². The standard InChI is InChI=1S/C22H30N4O2/c1-15-4-6-19-17(12-15)18-13-16(5-7-20(18)23-19)22(28)26-10-8-25(9-11-26)14-21(27)24(2)3/h5,7,13,15,23H,4,6,8-12,14H2,1-3H3. The number of nitrogens with zero attached hydrogens (tertiary/aromatic N) is 3. The topological polar surface area (TPSA) is 59.7 Å². The summed E-state index contributed by atoms with van der Waals surface area (Å²) in [6.45, 7) is 5.54. The number of hydrogen-bond acceptors (Lipinski definition) is 3. The summed E-state index contributed by atoms with van der Waals surface area (Å²) in [5.41, 5.74) is 4.65. The van der Waals surface area contributed by atoms with Crippen molar-refractivity contribution in [3.63, 3.8) is 0 Å². The summed E-state index contributed by atoms with van der Waals surface area (Å²) in [5.74, 6) is 0.903. The number of nitrogens with one attached hydrogen (secondary N) is 1. The molecule has 0 radical (unpaired) electrons. The normalized spacial score (nSPS) is 20.2. The van der Waals surface area contributed by atoms with Crippen LogP contribution in [0.2, 0.25) is 0 Å². The second-order valence-corrected chi connectivity index (χ2v) is 8.55. The van der Waals surface area contributed by atoms with Crippen molar-refractivity contribution < 1.29 is 9.59 Å². The number of benzene rings is 1. The Morgan fingerprint density at radius 2 is 1.93 bits per heavy atom. The lowest BCUT2D eigenvalue weighted by atomic mass is 9.87. The molecule has 6 nitrogen and oxygen atoms in total. The number of aryl methyl sites for hydroxylation is 1. The first-order valence-electron chi connectivity index (χ1n) is 10.3. The zero-order valence-corrected chi connectivity index (χ0v) is 17.1. The number of H-pyrrole nitrogens is 1. The molecule has 1 aromatic carbocycles. The molecule has 1 aromatic heterocycles. The van der Waals surface area contributed by atoms with Crippen LogP contribution >= 0.6 is 0 Å². The van der Waals surface area contributed by atoms with E-state index in [0.29, 0.717) is 25.6 Å². The summed E-state index contributed by atoms with van der Waals surface area (Å²) in [6, 6.07) is 6.07. The van der Waals surface area contributed by atoms with Gasteiger partial charge in [0, 0.05) is 62.4 Å². The molecule has 1 aliphatic heterocycles. The fourth-order valence-electron chi connectivity index (χ4n) is 4.35. The highest BCUT2D eigenvalue weighted by atomic mass is 16.2. The molecule has 1 unspecified atom stereocenters. The van der Waals surface area contributed by atoms with Crippen molar-refractivity contribution in [3.05, 3.63) is 35.0 Å². The predicted octanol–water partition coefficient (Wildman–Crippen LogP) is 2.14. The molecule has 1 aliphatic carbocycles. The van der Waals surface area contributed by atoms with E-state index in [1.807, 2.05) is 11.0 Å². The lowest BCUT2D eigenvalue weighted by molar-refractivity contribution is -0.130. The average Bonchev–Trinajstić information content (AvgIpc) is 3.05. The van der Waals surface area contributed by atoms with E-state index in [0.717, 1.165) is 37.0 Å². The number of amides is 2. The SMILES string of the molecule is CC1CCc2[nH]c3ccc(C(=O)N4CCN(CC(=O)N(C)C)CC4)cc3c2C1. The fourth-order valence-corrected chi connectivity index (χ4v) is 4.35. The number of fused-ring (bicyclic) bond motifs is 3. The van der Waals surface area contributed by atoms with Gasteiger partial charge >= 0.3 is 0 Å². The molecule has 2 heterocycles. The Kier molecular flexibility index (Phi) is 5.15. The van der Waals surface area contributed by atoms with Gasteiger partial charge in [-0.1, -0.05) is 6.92 Å². The molecule has 1 fully saturated rings. The number of likely N-dealkylation sites (N-methyl/N-ethyl adjacent to an activating group) is 1. The van der Waals surface area contributed by atoms with E-state index in [-0.39, 0.29) is 11.8 Å². The lowest BCUT2D eigenvalue weighted by Gasteiger charge is -2.34. The Morgan fingerprint density at radius 1 is 1.18 bits per heavy atom. The molecule has 2 amide bonds. The van der Waals surface area contributed by atoms with Crippen LogP contribution in [0.15, 0.2) is 18.2 Å². The average molecular weight is 383 g/mol. The van der Waals surface area contributed by atoms with Crippen LogP contribution in [0.5, 0.6) is 0 Å². The van der Waals surface area contributed by atoms with E-state index in [1.54, 1.807) is 19.0 Å². The zero-order valence-electron chi connectivity index (χ0n) is 17.1. The summed E-state index contributed by atoms with van der Waals surface area (Å²) < 4.78 is 0. The number of piperazine rings is 1. The minimum atomic E-state index is 0.0966. The molecule has 1 N–H and O–H groups in total. The highest BCUT2D eigenvalue weighted by molar-refractivity contribution is 5.99. The van der Waals surface area contributed by atoms with Crippen LogP contribution in [0.1, 0.15) is 35.0 Å². The maximum absolute atomic E-state index is 13.1. The van der Waals surface area contributed by atoms with Crippen LogP contribution < -0.4 is 0 Å². The number of hydrogen-bond donors (Lipinski definition) is 1. The van der Waals surface area contributed by atoms with Crippen molar-refractivity contribution >= 4 is 22.7 Å². The Labute approximate surface area is 166 Å². The minimum absolute atomic E-state index is 0.0966. The van der Waals surface area contributed by atoms with Crippen LogP contribution in [-0.4, -0.2) is 78.3 Å². The first-order chi connectivity index (χ1) is 13.4. The summed E-state index contributed by atoms with van der Waals surface area (Å²) in [6.07, 6.45) is 3.42. The molecule has 6 heteroatoms. The molecule has 4 rings (SSSR count). The highest BCUT2D eigenvalue weighted by Crippen LogP contribution is 2.32. The molecule has 2 aliphatic rings. The summed E-state index contributed by atoms with van der Waals surface area (Å²) in [7, 11) is 3.55. The van der Waals surface area contributed by atoms with E-state index in [9.17, 15) is 9.59 Å². The van der Waals surface area contributed by atoms with Gasteiger partial charge in [0.15, 0.2) is 0 Å². The quantitative estimate of drug-likeness (QED) is 0.885. The van der Waals surface area contributed by atoms with E-state index in [4.69, 9.17) is 0 Å². The summed E-state index contributed by atoms with van der Waals surface area (Å²) in [4.78, 5) is 34.1. The predicted molar refractivity (Wildman–Crippen MR) is 111 cm³/mol. The second kappa shape index (κ2) is 7.59. The van der Waals surface area contributed by atoms with Crippen molar-refractivity contribution in [2.75, 3.05) is 46.8 Å². The number of carbonyl (C=O) groups excluding carboxylic acids is 2. The van der Waals surface area contributed by atoms with Gasteiger partial charge in [-0.15, -0.1) is 0 Å². The Bertz CT molecular complexity index is 893. The molecule has 0 saturated carbocycles. The van der Waals surface area contributed by atoms with Crippen molar-refractivity contribution in [2.24, 2.45) is 5.92 Å². The Morgan fingerprint density at radius 3 is 2.64 bits per heavy atom. The van der Waals surface area contributed by atoms with Crippen LogP contribution in [0.25, 0.3) is 10.9 Å². The third-order valence-electron chi connectivity index (χ3n) is 6.20. The molecule has 1 atom stereocenters. The van der Waals surface area contributed by atoms with Gasteiger partial charge in [-0.2, -0.15) is 0 Å². The smallest absolute Gasteiger partial charge is 0.253 e. The molecular formula is C22H30N4O2. The first kappa shape index (κ1) is 19.0. The van der Waals surface area contributed by atoms with E-state index in [2.05, 4.69) is 28.9 Å². The van der Waals surface area contributed by atoms with Gasteiger partial charge in [0.25, 0.3) is 5.91 Å². The molecule has 0 spiro atoms. The van der Waals surface area contributed by atoms with Gasteiger partial charge in [0.1, 0.15) is 0 Å². The van der Waals surface area contributed by atoms with Gasteiger partial charge in [0.2, 0.25) is 5.91 Å². The van der Waals surface area contributed by atoms with Gasteiger partial charge in [-0.25, -0.2) is 0 Å². The van der Waals surface area contributed by atoms with Crippen molar-refractivity contribution in [2.45, 2.75) is 26.2 Å². The van der Waals surface area contributed by atoms with Gasteiger partial charge in [-0.3, -0.25) is 14.5 Å². The highest BCUT2D eigenvalue weighted by Gasteiger charge is 2.25. The van der Waals surface area contributed by atoms with Crippen LogP contribution in [-0.2, 0) is 17.6 Å². The van der Waals surface area contributed by atoms with Crippen molar-refractivity contribution in [1.82, 2.24) is 19.7 Å². The second-order valence-electron chi connectivity index (χ2n) is 8.55.